The predicted octanol–water partition coefficient (Wildman–Crippen LogP) is 5.60. The van der Waals surface area contributed by atoms with Gasteiger partial charge in [-0.25, -0.2) is 0 Å². The lowest BCUT2D eigenvalue weighted by Gasteiger charge is -2.29. The van der Waals surface area contributed by atoms with Crippen LogP contribution in [0.5, 0.6) is 5.75 Å². The number of ether oxygens (including phenoxy) is 1. The van der Waals surface area contributed by atoms with Crippen molar-refractivity contribution in [3.8, 4) is 10.8 Å². The van der Waals surface area contributed by atoms with E-state index >= 15 is 0 Å². The van der Waals surface area contributed by atoms with Gasteiger partial charge in [0.05, 0.1) is 17.7 Å². The zero-order valence-corrected chi connectivity index (χ0v) is 34.4. The molecule has 0 radical (unpaired) electrons. The van der Waals surface area contributed by atoms with Gasteiger partial charge in [0.15, 0.2) is 12.4 Å². The zero-order valence-electron chi connectivity index (χ0n) is 32.9. The van der Waals surface area contributed by atoms with E-state index in [1.807, 2.05) is 35.8 Å². The number of unbranched alkanes of at least 4 members (excludes halogenated alkanes) is 5. The van der Waals surface area contributed by atoms with E-state index in [1.165, 1.54) is 9.78 Å². The summed E-state index contributed by atoms with van der Waals surface area (Å²) < 4.78 is 7.80. The molecule has 0 bridgehead atoms. The van der Waals surface area contributed by atoms with Crippen molar-refractivity contribution < 1.29 is 28.7 Å². The maximum atomic E-state index is 13.3. The largest absolute Gasteiger partial charge is 0.483 e. The molecule has 1 saturated heterocycles. The van der Waals surface area contributed by atoms with E-state index in [4.69, 9.17) is 21.3 Å². The van der Waals surface area contributed by atoms with Crippen LogP contribution in [0.25, 0.3) is 5.00 Å². The average molecular weight is 827 g/mol. The molecule has 3 aliphatic heterocycles. The van der Waals surface area contributed by atoms with Gasteiger partial charge in [-0.3, -0.25) is 38.8 Å². The van der Waals surface area contributed by atoms with Crippen molar-refractivity contribution in [2.24, 2.45) is 4.99 Å². The van der Waals surface area contributed by atoms with Gasteiger partial charge in [-0.15, -0.1) is 21.5 Å². The fraction of sp³-hybridized carbons (Fsp3) is 0.429. The molecule has 2 aromatic carbocycles. The van der Waals surface area contributed by atoms with E-state index in [0.29, 0.717) is 40.8 Å². The zero-order chi connectivity index (χ0) is 40.9. The number of aliphatic imine (C=N–C) groups is 1. The van der Waals surface area contributed by atoms with Crippen molar-refractivity contribution in [1.29, 1.82) is 0 Å². The number of imide groups is 1. The lowest BCUT2D eigenvalue weighted by molar-refractivity contribution is -0.137. The van der Waals surface area contributed by atoms with Crippen LogP contribution in [0, 0.1) is 20.8 Å². The van der Waals surface area contributed by atoms with Crippen molar-refractivity contribution in [2.45, 2.75) is 97.2 Å². The van der Waals surface area contributed by atoms with Crippen molar-refractivity contribution in [2.75, 3.05) is 19.7 Å². The Kier molecular flexibility index (Phi) is 12.7. The topological polar surface area (TPSA) is 177 Å². The highest BCUT2D eigenvalue weighted by atomic mass is 35.5. The molecule has 5 amide bonds. The number of aryl methyl sites for hydroxylation is 2. The minimum atomic E-state index is -0.720. The van der Waals surface area contributed by atoms with E-state index in [2.05, 4.69) is 40.0 Å². The lowest BCUT2D eigenvalue weighted by atomic mass is 9.99. The molecule has 2 atom stereocenters. The summed E-state index contributed by atoms with van der Waals surface area (Å²) in [6, 6.07) is 11.6. The number of carbonyl (C=O) groups is 5. The van der Waals surface area contributed by atoms with E-state index in [9.17, 15) is 24.0 Å². The Morgan fingerprint density at radius 2 is 1.62 bits per heavy atom. The second-order valence-electron chi connectivity index (χ2n) is 14.9. The molecular weight excluding hydrogens is 780 g/mol. The van der Waals surface area contributed by atoms with Crippen LogP contribution < -0.4 is 20.7 Å². The summed E-state index contributed by atoms with van der Waals surface area (Å²) in [6.45, 7) is 7.20. The number of piperidine rings is 1. The molecule has 0 spiro atoms. The van der Waals surface area contributed by atoms with Gasteiger partial charge in [-0.1, -0.05) is 61.5 Å². The molecule has 14 nitrogen and oxygen atoms in total. The first-order chi connectivity index (χ1) is 28.0. The molecule has 5 heterocycles. The minimum Gasteiger partial charge on any atom is -0.483 e. The highest BCUT2D eigenvalue weighted by Gasteiger charge is 2.40. The SMILES string of the molecule is Cc1sc2c(c1C)C(c1ccc(Cl)cc1)=N[C@@H](CC(=O)NCCCCCCCCNC(=O)COc1cccc3c1C(=O)N(C1CCC(=O)NC1=O)C3)c1nnc(C)n1-2. The smallest absolute Gasteiger partial charge is 0.258 e. The molecule has 1 fully saturated rings. The van der Waals surface area contributed by atoms with Crippen LogP contribution in [0.4, 0.5) is 0 Å². The molecule has 3 N–H and O–H groups in total. The maximum absolute atomic E-state index is 13.3. The molecule has 3 aliphatic rings. The molecular formula is C42H47ClN8O6S. The van der Waals surface area contributed by atoms with Gasteiger partial charge in [0.1, 0.15) is 28.7 Å². The Balaban J connectivity index is 0.805. The first kappa shape index (κ1) is 40.8. The summed E-state index contributed by atoms with van der Waals surface area (Å²) in [4.78, 5) is 70.8. The number of hydrogen-bond donors (Lipinski definition) is 3. The first-order valence-electron chi connectivity index (χ1n) is 19.8. The summed E-state index contributed by atoms with van der Waals surface area (Å²) in [6.07, 6.45) is 6.20. The number of carbonyl (C=O) groups excluding carboxylic acids is 5. The lowest BCUT2D eigenvalue weighted by Crippen LogP contribution is -2.52. The number of thiophene rings is 1. The number of aromatic nitrogens is 3. The summed E-state index contributed by atoms with van der Waals surface area (Å²) in [7, 11) is 0. The van der Waals surface area contributed by atoms with Crippen molar-refractivity contribution in [1.82, 2.24) is 35.6 Å². The number of benzene rings is 2. The van der Waals surface area contributed by atoms with E-state index in [0.717, 1.165) is 71.8 Å². The van der Waals surface area contributed by atoms with Crippen LogP contribution in [0.15, 0.2) is 47.5 Å². The number of nitrogens with one attached hydrogen (secondary N) is 3. The Morgan fingerprint density at radius 3 is 2.34 bits per heavy atom. The normalized spacial score (nSPS) is 17.2. The van der Waals surface area contributed by atoms with Crippen LogP contribution in [0.3, 0.4) is 0 Å². The molecule has 4 aromatic rings. The molecule has 58 heavy (non-hydrogen) atoms. The average Bonchev–Trinajstić information content (AvgIpc) is 3.81. The van der Waals surface area contributed by atoms with E-state index < -0.39 is 18.0 Å². The Labute approximate surface area is 345 Å². The van der Waals surface area contributed by atoms with Gasteiger partial charge in [-0.2, -0.15) is 0 Å². The molecule has 2 aromatic heterocycles. The Morgan fingerprint density at radius 1 is 0.914 bits per heavy atom. The number of hydrogen-bond acceptors (Lipinski definition) is 10. The van der Waals surface area contributed by atoms with Gasteiger partial charge in [0.25, 0.3) is 11.8 Å². The highest BCUT2D eigenvalue weighted by Crippen LogP contribution is 2.40. The second-order valence-corrected chi connectivity index (χ2v) is 16.5. The highest BCUT2D eigenvalue weighted by molar-refractivity contribution is 7.15. The molecule has 7 rings (SSSR count). The molecule has 1 unspecified atom stereocenters. The minimum absolute atomic E-state index is 0.0910. The predicted molar refractivity (Wildman–Crippen MR) is 220 cm³/mol. The monoisotopic (exact) mass is 826 g/mol. The third-order valence-electron chi connectivity index (χ3n) is 10.9. The maximum Gasteiger partial charge on any atom is 0.258 e. The summed E-state index contributed by atoms with van der Waals surface area (Å²) in [5.41, 5.74) is 4.98. The van der Waals surface area contributed by atoms with Crippen LogP contribution in [-0.2, 0) is 25.7 Å². The number of nitrogens with zero attached hydrogens (tertiary/aromatic N) is 5. The van der Waals surface area contributed by atoms with Crippen LogP contribution in [0.2, 0.25) is 5.02 Å². The molecule has 0 aliphatic carbocycles. The number of rotatable bonds is 16. The number of fused-ring (bicyclic) bond motifs is 4. The van der Waals surface area contributed by atoms with Crippen molar-refractivity contribution in [3.05, 3.63) is 91.8 Å². The van der Waals surface area contributed by atoms with E-state index in [1.54, 1.807) is 29.5 Å². The molecule has 0 saturated carbocycles. The van der Waals surface area contributed by atoms with Crippen LogP contribution in [-0.4, -0.2) is 80.7 Å². The number of amides is 5. The first-order valence-corrected chi connectivity index (χ1v) is 21.0. The van der Waals surface area contributed by atoms with Crippen LogP contribution in [0.1, 0.15) is 113 Å². The second kappa shape index (κ2) is 18.0. The summed E-state index contributed by atoms with van der Waals surface area (Å²) in [5.74, 6) is 0.162. The van der Waals surface area contributed by atoms with Gasteiger partial charge >= 0.3 is 0 Å². The Bertz CT molecular complexity index is 2270. The quantitative estimate of drug-likeness (QED) is 0.0966. The van der Waals surface area contributed by atoms with Gasteiger partial charge in [-0.05, 0) is 69.4 Å². The van der Waals surface area contributed by atoms with Crippen molar-refractivity contribution in [3.63, 3.8) is 0 Å². The molecule has 304 valence electrons. The van der Waals surface area contributed by atoms with Crippen LogP contribution >= 0.6 is 22.9 Å². The van der Waals surface area contributed by atoms with E-state index in [-0.39, 0.29) is 56.0 Å². The summed E-state index contributed by atoms with van der Waals surface area (Å²) in [5, 5.41) is 18.8. The molecule has 16 heteroatoms. The van der Waals surface area contributed by atoms with Crippen molar-refractivity contribution >= 4 is 58.2 Å². The third-order valence-corrected chi connectivity index (χ3v) is 12.3. The fourth-order valence-corrected chi connectivity index (χ4v) is 9.03. The van der Waals surface area contributed by atoms with Gasteiger partial charge < -0.3 is 20.3 Å². The van der Waals surface area contributed by atoms with Gasteiger partial charge in [0, 0.05) is 47.1 Å². The standard InChI is InChI=1S/C42H47ClN8O6S/c1-24-25(2)58-42-36(24)38(27-13-15-29(43)16-14-27)46-30(39-49-48-26(3)51(39)42)21-34(53)44-19-8-6-4-5-7-9-20-45-35(54)23-57-32-12-10-11-28-22-50(41(56)37(28)32)31-17-18-33(52)47-40(31)55/h10-16,30-31H,4-9,17-23H2,1-3H3,(H,44,53)(H,45,54)(H,47,52,55)/t30-,31?/m0/s1. The Hall–Kier alpha value is -5.41. The third kappa shape index (κ3) is 8.85. The number of halogens is 1. The summed E-state index contributed by atoms with van der Waals surface area (Å²) >= 11 is 7.90. The van der Waals surface area contributed by atoms with Gasteiger partial charge in [0.2, 0.25) is 17.7 Å². The fourth-order valence-electron chi connectivity index (χ4n) is 7.69.